The van der Waals surface area contributed by atoms with Crippen molar-refractivity contribution < 1.29 is 19.1 Å². The molecule has 0 saturated heterocycles. The average Bonchev–Trinajstić information content (AvgIpc) is 2.79. The molecule has 6 heteroatoms. The summed E-state index contributed by atoms with van der Waals surface area (Å²) in [6.07, 6.45) is 9.71. The molecule has 0 atom stereocenters. The summed E-state index contributed by atoms with van der Waals surface area (Å²) in [4.78, 5) is 29.4. The van der Waals surface area contributed by atoms with Crippen molar-refractivity contribution in [2.24, 2.45) is 0 Å². The predicted octanol–water partition coefficient (Wildman–Crippen LogP) is 5.02. The maximum Gasteiger partial charge on any atom is 0.339 e. The van der Waals surface area contributed by atoms with Crippen molar-refractivity contribution in [2.75, 3.05) is 53.5 Å². The van der Waals surface area contributed by atoms with Crippen LogP contribution in [0, 0.1) is 0 Å². The van der Waals surface area contributed by atoms with E-state index in [1.165, 1.54) is 38.5 Å². The van der Waals surface area contributed by atoms with E-state index in [2.05, 4.69) is 23.6 Å². The van der Waals surface area contributed by atoms with E-state index in [1.54, 1.807) is 24.3 Å². The Labute approximate surface area is 195 Å². The standard InChI is InChI=1S/C26H44N2O4/c1-5-7-9-13-17-27(3)19-21-31-25(29)23-15-11-12-16-24(23)26(30)32-22-20-28(4)18-14-10-8-6-2/h11-12,15-16H,5-10,13-14,17-22H2,1-4H3. The van der Waals surface area contributed by atoms with Crippen LogP contribution >= 0.6 is 0 Å². The number of hydrogen-bond acceptors (Lipinski definition) is 6. The summed E-state index contributed by atoms with van der Waals surface area (Å²) in [7, 11) is 4.07. The lowest BCUT2D eigenvalue weighted by Gasteiger charge is -2.17. The fraction of sp³-hybridized carbons (Fsp3) is 0.692. The van der Waals surface area contributed by atoms with Crippen molar-refractivity contribution in [1.29, 1.82) is 0 Å². The van der Waals surface area contributed by atoms with Crippen molar-refractivity contribution in [1.82, 2.24) is 9.80 Å². The molecule has 1 rings (SSSR count). The zero-order valence-corrected chi connectivity index (χ0v) is 20.7. The molecular formula is C26H44N2O4. The Hall–Kier alpha value is -1.92. The number of carbonyl (C=O) groups excluding carboxylic acids is 2. The normalized spacial score (nSPS) is 11.2. The molecule has 1 aromatic carbocycles. The molecule has 0 radical (unpaired) electrons. The van der Waals surface area contributed by atoms with Crippen molar-refractivity contribution >= 4 is 11.9 Å². The van der Waals surface area contributed by atoms with Crippen LogP contribution in [0.3, 0.4) is 0 Å². The molecule has 32 heavy (non-hydrogen) atoms. The molecule has 0 N–H and O–H groups in total. The Bertz CT molecular complexity index is 595. The zero-order chi connectivity index (χ0) is 23.6. The second-order valence-corrected chi connectivity index (χ2v) is 8.55. The largest absolute Gasteiger partial charge is 0.461 e. The van der Waals surface area contributed by atoms with E-state index in [0.717, 1.165) is 25.9 Å². The van der Waals surface area contributed by atoms with Gasteiger partial charge in [-0.25, -0.2) is 9.59 Å². The van der Waals surface area contributed by atoms with Crippen molar-refractivity contribution in [3.05, 3.63) is 35.4 Å². The Morgan fingerprint density at radius 3 is 1.44 bits per heavy atom. The lowest BCUT2D eigenvalue weighted by molar-refractivity contribution is 0.0426. The molecule has 1 aromatic rings. The minimum atomic E-state index is -0.482. The Balaban J connectivity index is 2.41. The minimum absolute atomic E-state index is 0.260. The Morgan fingerprint density at radius 1 is 0.656 bits per heavy atom. The Morgan fingerprint density at radius 2 is 1.06 bits per heavy atom. The summed E-state index contributed by atoms with van der Waals surface area (Å²) in [5.74, 6) is -0.963. The molecule has 0 amide bonds. The summed E-state index contributed by atoms with van der Waals surface area (Å²) < 4.78 is 10.9. The van der Waals surface area contributed by atoms with Gasteiger partial charge in [0.1, 0.15) is 13.2 Å². The average molecular weight is 449 g/mol. The minimum Gasteiger partial charge on any atom is -0.461 e. The highest BCUT2D eigenvalue weighted by molar-refractivity contribution is 6.03. The third-order valence-corrected chi connectivity index (χ3v) is 5.57. The maximum absolute atomic E-state index is 12.5. The van der Waals surface area contributed by atoms with Crippen molar-refractivity contribution in [3.8, 4) is 0 Å². The molecule has 0 fully saturated rings. The van der Waals surface area contributed by atoms with Gasteiger partial charge in [0, 0.05) is 13.1 Å². The molecule has 0 spiro atoms. The predicted molar refractivity (Wildman–Crippen MR) is 130 cm³/mol. The zero-order valence-electron chi connectivity index (χ0n) is 20.7. The number of carbonyl (C=O) groups is 2. The smallest absolute Gasteiger partial charge is 0.339 e. The van der Waals surface area contributed by atoms with Gasteiger partial charge in [0.15, 0.2) is 0 Å². The third-order valence-electron chi connectivity index (χ3n) is 5.57. The van der Waals surface area contributed by atoms with Crippen LogP contribution in [-0.2, 0) is 9.47 Å². The molecule has 0 aliphatic heterocycles. The van der Waals surface area contributed by atoms with Gasteiger partial charge in [-0.05, 0) is 52.2 Å². The molecule has 0 unspecified atom stereocenters. The molecule has 0 aromatic heterocycles. The van der Waals surface area contributed by atoms with E-state index in [0.29, 0.717) is 26.3 Å². The Kier molecular flexibility index (Phi) is 15.5. The van der Waals surface area contributed by atoms with E-state index in [-0.39, 0.29) is 11.1 Å². The first-order valence-corrected chi connectivity index (χ1v) is 12.3. The van der Waals surface area contributed by atoms with Gasteiger partial charge in [0.2, 0.25) is 0 Å². The van der Waals surface area contributed by atoms with Gasteiger partial charge in [-0.2, -0.15) is 0 Å². The number of ether oxygens (including phenoxy) is 2. The van der Waals surface area contributed by atoms with Gasteiger partial charge < -0.3 is 19.3 Å². The quantitative estimate of drug-likeness (QED) is 0.232. The van der Waals surface area contributed by atoms with Gasteiger partial charge >= 0.3 is 11.9 Å². The number of likely N-dealkylation sites (N-methyl/N-ethyl adjacent to an activating group) is 2. The number of esters is 2. The van der Waals surface area contributed by atoms with Crippen molar-refractivity contribution in [2.45, 2.75) is 65.2 Å². The number of hydrogen-bond donors (Lipinski definition) is 0. The van der Waals surface area contributed by atoms with E-state index >= 15 is 0 Å². The van der Waals surface area contributed by atoms with Crippen LogP contribution in [0.15, 0.2) is 24.3 Å². The van der Waals surface area contributed by atoms with Crippen molar-refractivity contribution in [3.63, 3.8) is 0 Å². The van der Waals surface area contributed by atoms with Crippen LogP contribution in [0.4, 0.5) is 0 Å². The maximum atomic E-state index is 12.5. The van der Waals surface area contributed by atoms with Gasteiger partial charge in [0.05, 0.1) is 11.1 Å². The summed E-state index contributed by atoms with van der Waals surface area (Å²) in [5.41, 5.74) is 0.520. The lowest BCUT2D eigenvalue weighted by atomic mass is 10.1. The lowest BCUT2D eigenvalue weighted by Crippen LogP contribution is -2.26. The van der Waals surface area contributed by atoms with Gasteiger partial charge in [0.25, 0.3) is 0 Å². The second kappa shape index (κ2) is 17.6. The van der Waals surface area contributed by atoms with Crippen LogP contribution in [0.25, 0.3) is 0 Å². The fourth-order valence-electron chi connectivity index (χ4n) is 3.42. The molecular weight excluding hydrogens is 404 g/mol. The van der Waals surface area contributed by atoms with E-state index in [1.807, 2.05) is 14.1 Å². The molecule has 182 valence electrons. The first-order valence-electron chi connectivity index (χ1n) is 12.3. The van der Waals surface area contributed by atoms with Crippen LogP contribution in [0.1, 0.15) is 85.9 Å². The number of benzene rings is 1. The summed E-state index contributed by atoms with van der Waals surface area (Å²) in [6.45, 7) is 8.34. The van der Waals surface area contributed by atoms with E-state index in [4.69, 9.17) is 9.47 Å². The monoisotopic (exact) mass is 448 g/mol. The number of unbranched alkanes of at least 4 members (excludes halogenated alkanes) is 6. The van der Waals surface area contributed by atoms with Crippen LogP contribution in [0.2, 0.25) is 0 Å². The second-order valence-electron chi connectivity index (χ2n) is 8.55. The summed E-state index contributed by atoms with van der Waals surface area (Å²) >= 11 is 0. The molecule has 0 aliphatic rings. The summed E-state index contributed by atoms with van der Waals surface area (Å²) in [5, 5.41) is 0. The first kappa shape index (κ1) is 28.1. The van der Waals surface area contributed by atoms with Gasteiger partial charge in [-0.3, -0.25) is 0 Å². The van der Waals surface area contributed by atoms with Gasteiger partial charge in [-0.15, -0.1) is 0 Å². The van der Waals surface area contributed by atoms with E-state index < -0.39 is 11.9 Å². The van der Waals surface area contributed by atoms with Crippen LogP contribution < -0.4 is 0 Å². The molecule has 6 nitrogen and oxygen atoms in total. The molecule has 0 bridgehead atoms. The molecule has 0 aliphatic carbocycles. The fourth-order valence-corrected chi connectivity index (χ4v) is 3.42. The van der Waals surface area contributed by atoms with Crippen LogP contribution in [-0.4, -0.2) is 75.2 Å². The topological polar surface area (TPSA) is 59.1 Å². The number of rotatable bonds is 18. The van der Waals surface area contributed by atoms with Crippen LogP contribution in [0.5, 0.6) is 0 Å². The SMILES string of the molecule is CCCCCCN(C)CCOC(=O)c1ccccc1C(=O)OCCN(C)CCCCCC. The van der Waals surface area contributed by atoms with E-state index in [9.17, 15) is 9.59 Å². The first-order chi connectivity index (χ1) is 15.5. The molecule has 0 saturated carbocycles. The highest BCUT2D eigenvalue weighted by Gasteiger charge is 2.19. The highest BCUT2D eigenvalue weighted by Crippen LogP contribution is 2.12. The number of nitrogens with zero attached hydrogens (tertiary/aromatic N) is 2. The van der Waals surface area contributed by atoms with Gasteiger partial charge in [-0.1, -0.05) is 64.5 Å². The third kappa shape index (κ3) is 12.2. The highest BCUT2D eigenvalue weighted by atomic mass is 16.5. The summed E-state index contributed by atoms with van der Waals surface area (Å²) in [6, 6.07) is 6.70. The molecule has 0 heterocycles.